The molecule has 1 aliphatic rings. The molecule has 2 aromatic rings. The van der Waals surface area contributed by atoms with Gasteiger partial charge in [0.1, 0.15) is 5.75 Å². The second-order valence-corrected chi connectivity index (χ2v) is 7.37. The Morgan fingerprint density at radius 1 is 1.12 bits per heavy atom. The van der Waals surface area contributed by atoms with Crippen LogP contribution in [0.25, 0.3) is 0 Å². The molecule has 0 aliphatic carbocycles. The molecule has 0 radical (unpaired) electrons. The molecule has 0 aromatic heterocycles. The van der Waals surface area contributed by atoms with E-state index in [0.717, 1.165) is 37.6 Å². The Kier molecular flexibility index (Phi) is 8.46. The fraction of sp³-hybridized carbons (Fsp3) is 0.375. The van der Waals surface area contributed by atoms with E-state index < -0.39 is 0 Å². The van der Waals surface area contributed by atoms with Crippen LogP contribution in [0.5, 0.6) is 5.75 Å². The highest BCUT2D eigenvalue weighted by Crippen LogP contribution is 2.19. The SMILES string of the molecule is CCN(CC(=O)Nc1ccc(N2CCOCC2)cc1)C(=O)COc1ccc(CC#N)cc1. The van der Waals surface area contributed by atoms with Crippen molar-refractivity contribution >= 4 is 23.2 Å². The van der Waals surface area contributed by atoms with E-state index in [1.807, 2.05) is 31.2 Å². The van der Waals surface area contributed by atoms with Crippen molar-refractivity contribution < 1.29 is 19.1 Å². The fourth-order valence-corrected chi connectivity index (χ4v) is 3.36. The summed E-state index contributed by atoms with van der Waals surface area (Å²) in [5.74, 6) is 0.00694. The number of likely N-dealkylation sites (N-methyl/N-ethyl adjacent to an activating group) is 1. The molecule has 0 bridgehead atoms. The van der Waals surface area contributed by atoms with Crippen LogP contribution in [0.3, 0.4) is 0 Å². The number of nitrogens with zero attached hydrogens (tertiary/aromatic N) is 3. The molecule has 1 heterocycles. The molecule has 0 unspecified atom stereocenters. The van der Waals surface area contributed by atoms with Crippen molar-refractivity contribution in [1.82, 2.24) is 4.90 Å². The Morgan fingerprint density at radius 2 is 1.81 bits per heavy atom. The lowest BCUT2D eigenvalue weighted by Gasteiger charge is -2.29. The Hall–Kier alpha value is -3.57. The van der Waals surface area contributed by atoms with Gasteiger partial charge in [-0.25, -0.2) is 0 Å². The van der Waals surface area contributed by atoms with Gasteiger partial charge in [-0.2, -0.15) is 5.26 Å². The summed E-state index contributed by atoms with van der Waals surface area (Å²) < 4.78 is 10.9. The number of rotatable bonds is 9. The molecule has 1 N–H and O–H groups in total. The zero-order valence-electron chi connectivity index (χ0n) is 18.3. The molecule has 8 nitrogen and oxygen atoms in total. The largest absolute Gasteiger partial charge is 0.484 e. The van der Waals surface area contributed by atoms with Gasteiger partial charge in [-0.1, -0.05) is 12.1 Å². The molecule has 2 amide bonds. The zero-order chi connectivity index (χ0) is 22.8. The van der Waals surface area contributed by atoms with Crippen LogP contribution in [0.1, 0.15) is 12.5 Å². The van der Waals surface area contributed by atoms with Crippen LogP contribution in [-0.2, 0) is 20.7 Å². The molecule has 168 valence electrons. The highest BCUT2D eigenvalue weighted by molar-refractivity contribution is 5.94. The van der Waals surface area contributed by atoms with Gasteiger partial charge < -0.3 is 24.6 Å². The van der Waals surface area contributed by atoms with Crippen LogP contribution in [0.2, 0.25) is 0 Å². The number of nitriles is 1. The molecule has 1 fully saturated rings. The first-order valence-electron chi connectivity index (χ1n) is 10.7. The van der Waals surface area contributed by atoms with Crippen molar-refractivity contribution in [3.63, 3.8) is 0 Å². The summed E-state index contributed by atoms with van der Waals surface area (Å²) in [5, 5.41) is 11.6. The second-order valence-electron chi connectivity index (χ2n) is 7.37. The first-order valence-corrected chi connectivity index (χ1v) is 10.7. The maximum absolute atomic E-state index is 12.5. The number of anilines is 2. The van der Waals surface area contributed by atoms with E-state index in [-0.39, 0.29) is 25.0 Å². The number of hydrogen-bond donors (Lipinski definition) is 1. The predicted molar refractivity (Wildman–Crippen MR) is 122 cm³/mol. The summed E-state index contributed by atoms with van der Waals surface area (Å²) in [6, 6.07) is 16.8. The van der Waals surface area contributed by atoms with Crippen molar-refractivity contribution in [1.29, 1.82) is 5.26 Å². The molecule has 8 heteroatoms. The quantitative estimate of drug-likeness (QED) is 0.649. The van der Waals surface area contributed by atoms with Crippen molar-refractivity contribution in [2.75, 3.05) is 56.2 Å². The lowest BCUT2D eigenvalue weighted by Crippen LogP contribution is -2.40. The van der Waals surface area contributed by atoms with Gasteiger partial charge in [-0.05, 0) is 48.9 Å². The maximum Gasteiger partial charge on any atom is 0.260 e. The summed E-state index contributed by atoms with van der Waals surface area (Å²) in [4.78, 5) is 28.6. The number of amides is 2. The average Bonchev–Trinajstić information content (AvgIpc) is 2.83. The Morgan fingerprint density at radius 3 is 2.44 bits per heavy atom. The zero-order valence-corrected chi connectivity index (χ0v) is 18.3. The van der Waals surface area contributed by atoms with E-state index in [4.69, 9.17) is 14.7 Å². The number of nitrogens with one attached hydrogen (secondary N) is 1. The highest BCUT2D eigenvalue weighted by Gasteiger charge is 2.17. The third-order valence-corrected chi connectivity index (χ3v) is 5.17. The third-order valence-electron chi connectivity index (χ3n) is 5.17. The van der Waals surface area contributed by atoms with E-state index >= 15 is 0 Å². The number of carbonyl (C=O) groups is 2. The monoisotopic (exact) mass is 436 g/mol. The lowest BCUT2D eigenvalue weighted by molar-refractivity contribution is -0.136. The van der Waals surface area contributed by atoms with Crippen molar-refractivity contribution in [3.8, 4) is 11.8 Å². The normalized spacial score (nSPS) is 13.2. The van der Waals surface area contributed by atoms with Crippen LogP contribution in [0, 0.1) is 11.3 Å². The van der Waals surface area contributed by atoms with Crippen LogP contribution >= 0.6 is 0 Å². The highest BCUT2D eigenvalue weighted by atomic mass is 16.5. The summed E-state index contributed by atoms with van der Waals surface area (Å²) in [5.41, 5.74) is 2.66. The number of morpholine rings is 1. The van der Waals surface area contributed by atoms with E-state index in [1.54, 1.807) is 24.3 Å². The third kappa shape index (κ3) is 6.72. The molecular weight excluding hydrogens is 408 g/mol. The van der Waals surface area contributed by atoms with Gasteiger partial charge in [-0.15, -0.1) is 0 Å². The summed E-state index contributed by atoms with van der Waals surface area (Å²) in [7, 11) is 0. The number of carbonyl (C=O) groups excluding carboxylic acids is 2. The first-order chi connectivity index (χ1) is 15.6. The molecule has 0 spiro atoms. The Balaban J connectivity index is 1.47. The number of hydrogen-bond acceptors (Lipinski definition) is 6. The van der Waals surface area contributed by atoms with Crippen molar-refractivity contribution in [2.24, 2.45) is 0 Å². The molecule has 3 rings (SSSR count). The van der Waals surface area contributed by atoms with E-state index in [2.05, 4.69) is 16.3 Å². The Labute approximate surface area is 188 Å². The summed E-state index contributed by atoms with van der Waals surface area (Å²) in [6.45, 7) is 5.14. The molecule has 32 heavy (non-hydrogen) atoms. The standard InChI is InChI=1S/C24H28N4O4/c1-2-27(24(30)18-32-22-9-3-19(4-10-22)11-12-25)17-23(29)26-20-5-7-21(8-6-20)28-13-15-31-16-14-28/h3-10H,2,11,13-18H2,1H3,(H,26,29). The van der Waals surface area contributed by atoms with Gasteiger partial charge in [-0.3, -0.25) is 9.59 Å². The van der Waals surface area contributed by atoms with Gasteiger partial charge in [0.25, 0.3) is 5.91 Å². The first kappa shape index (κ1) is 23.1. The molecule has 1 aliphatic heterocycles. The molecule has 0 atom stereocenters. The predicted octanol–water partition coefficient (Wildman–Crippen LogP) is 2.46. The summed E-state index contributed by atoms with van der Waals surface area (Å²) >= 11 is 0. The molecular formula is C24H28N4O4. The van der Waals surface area contributed by atoms with Crippen LogP contribution in [0.4, 0.5) is 11.4 Å². The van der Waals surface area contributed by atoms with Crippen LogP contribution in [-0.4, -0.2) is 62.7 Å². The van der Waals surface area contributed by atoms with Crippen LogP contribution < -0.4 is 15.0 Å². The van der Waals surface area contributed by atoms with Gasteiger partial charge in [0.15, 0.2) is 6.61 Å². The molecule has 1 saturated heterocycles. The van der Waals surface area contributed by atoms with Crippen molar-refractivity contribution in [3.05, 3.63) is 54.1 Å². The maximum atomic E-state index is 12.5. The van der Waals surface area contributed by atoms with E-state index in [0.29, 0.717) is 24.4 Å². The van der Waals surface area contributed by atoms with E-state index in [1.165, 1.54) is 4.90 Å². The minimum atomic E-state index is -0.272. The van der Waals surface area contributed by atoms with Gasteiger partial charge >= 0.3 is 0 Å². The van der Waals surface area contributed by atoms with Gasteiger partial charge in [0, 0.05) is 31.0 Å². The minimum absolute atomic E-state index is 0.0506. The minimum Gasteiger partial charge on any atom is -0.484 e. The van der Waals surface area contributed by atoms with Crippen molar-refractivity contribution in [2.45, 2.75) is 13.3 Å². The van der Waals surface area contributed by atoms with Gasteiger partial charge in [0.2, 0.25) is 5.91 Å². The average molecular weight is 437 g/mol. The summed E-state index contributed by atoms with van der Waals surface area (Å²) in [6.07, 6.45) is 0.327. The smallest absolute Gasteiger partial charge is 0.260 e. The lowest BCUT2D eigenvalue weighted by atomic mass is 10.2. The molecule has 0 saturated carbocycles. The topological polar surface area (TPSA) is 94.9 Å². The second kappa shape index (κ2) is 11.7. The van der Waals surface area contributed by atoms with E-state index in [9.17, 15) is 9.59 Å². The number of benzene rings is 2. The van der Waals surface area contributed by atoms with Gasteiger partial charge in [0.05, 0.1) is 32.2 Å². The number of ether oxygens (including phenoxy) is 2. The fourth-order valence-electron chi connectivity index (χ4n) is 3.36. The van der Waals surface area contributed by atoms with Crippen LogP contribution in [0.15, 0.2) is 48.5 Å². The Bertz CT molecular complexity index is 932. The molecule has 2 aromatic carbocycles.